The van der Waals surface area contributed by atoms with Crippen LogP contribution in [0.1, 0.15) is 52.4 Å². The van der Waals surface area contributed by atoms with Crippen LogP contribution in [0.15, 0.2) is 0 Å². The lowest BCUT2D eigenvalue weighted by molar-refractivity contribution is -0.148. The molecular weight excluding hydrogens is 270 g/mol. The number of methoxy groups -OCH3 is 1. The Morgan fingerprint density at radius 1 is 1.43 bits per heavy atom. The van der Waals surface area contributed by atoms with Crippen LogP contribution in [0.5, 0.6) is 0 Å². The van der Waals surface area contributed by atoms with E-state index in [4.69, 9.17) is 14.2 Å². The Morgan fingerprint density at radius 2 is 2.24 bits per heavy atom. The van der Waals surface area contributed by atoms with E-state index < -0.39 is 5.54 Å². The van der Waals surface area contributed by atoms with Crippen molar-refractivity contribution in [2.75, 3.05) is 33.5 Å². The van der Waals surface area contributed by atoms with Crippen molar-refractivity contribution in [2.45, 2.75) is 64.0 Å². The third kappa shape index (κ3) is 6.76. The van der Waals surface area contributed by atoms with Gasteiger partial charge in [0.05, 0.1) is 19.8 Å². The van der Waals surface area contributed by atoms with Gasteiger partial charge in [-0.25, -0.2) is 0 Å². The first-order valence-electron chi connectivity index (χ1n) is 8.15. The van der Waals surface area contributed by atoms with Gasteiger partial charge in [0.2, 0.25) is 0 Å². The monoisotopic (exact) mass is 301 g/mol. The second-order valence-electron chi connectivity index (χ2n) is 5.92. The summed E-state index contributed by atoms with van der Waals surface area (Å²) in [5.74, 6) is -0.184. The molecule has 1 fully saturated rings. The van der Waals surface area contributed by atoms with Gasteiger partial charge in [-0.2, -0.15) is 0 Å². The molecule has 0 aromatic heterocycles. The first kappa shape index (κ1) is 18.4. The van der Waals surface area contributed by atoms with E-state index in [2.05, 4.69) is 12.2 Å². The Bertz CT molecular complexity index is 292. The van der Waals surface area contributed by atoms with Crippen LogP contribution in [0.4, 0.5) is 0 Å². The number of carbonyl (C=O) groups excluding carboxylic acids is 1. The van der Waals surface area contributed by atoms with Gasteiger partial charge in [-0.15, -0.1) is 0 Å². The van der Waals surface area contributed by atoms with E-state index in [1.54, 1.807) is 0 Å². The number of rotatable bonds is 11. The van der Waals surface area contributed by atoms with Gasteiger partial charge in [-0.1, -0.05) is 6.92 Å². The predicted octanol–water partition coefficient (Wildman–Crippen LogP) is 2.28. The van der Waals surface area contributed by atoms with Crippen molar-refractivity contribution >= 4 is 5.97 Å². The third-order valence-electron chi connectivity index (χ3n) is 3.94. The van der Waals surface area contributed by atoms with Crippen LogP contribution >= 0.6 is 0 Å². The molecule has 1 saturated heterocycles. The van der Waals surface area contributed by atoms with Crippen molar-refractivity contribution in [3.05, 3.63) is 0 Å². The molecule has 0 radical (unpaired) electrons. The van der Waals surface area contributed by atoms with E-state index in [1.807, 2.05) is 6.92 Å². The predicted molar refractivity (Wildman–Crippen MR) is 82.4 cm³/mol. The van der Waals surface area contributed by atoms with Crippen LogP contribution in [0.2, 0.25) is 0 Å². The molecule has 5 heteroatoms. The molecule has 0 bridgehead atoms. The van der Waals surface area contributed by atoms with E-state index in [1.165, 1.54) is 7.11 Å². The average molecular weight is 301 g/mol. The fourth-order valence-electron chi connectivity index (χ4n) is 2.56. The molecule has 5 nitrogen and oxygen atoms in total. The lowest BCUT2D eigenvalue weighted by Gasteiger charge is -2.28. The molecule has 0 aliphatic carbocycles. The zero-order chi connectivity index (χ0) is 15.6. The second kappa shape index (κ2) is 10.1. The minimum atomic E-state index is -0.584. The van der Waals surface area contributed by atoms with Crippen LogP contribution in [-0.2, 0) is 19.0 Å². The van der Waals surface area contributed by atoms with Crippen LogP contribution in [-0.4, -0.2) is 51.1 Å². The van der Waals surface area contributed by atoms with E-state index in [-0.39, 0.29) is 12.1 Å². The maximum atomic E-state index is 11.9. The third-order valence-corrected chi connectivity index (χ3v) is 3.94. The molecule has 21 heavy (non-hydrogen) atoms. The molecule has 1 aliphatic rings. The Morgan fingerprint density at radius 3 is 2.86 bits per heavy atom. The molecule has 1 heterocycles. The molecule has 1 aliphatic heterocycles. The zero-order valence-corrected chi connectivity index (χ0v) is 13.8. The normalized spacial score (nSPS) is 21.2. The molecule has 0 amide bonds. The quantitative estimate of drug-likeness (QED) is 0.469. The molecule has 124 valence electrons. The van der Waals surface area contributed by atoms with Crippen LogP contribution < -0.4 is 5.32 Å². The molecule has 1 N–H and O–H groups in total. The lowest BCUT2D eigenvalue weighted by Crippen LogP contribution is -2.50. The van der Waals surface area contributed by atoms with Crippen molar-refractivity contribution in [3.8, 4) is 0 Å². The Labute approximate surface area is 128 Å². The molecule has 2 atom stereocenters. The summed E-state index contributed by atoms with van der Waals surface area (Å²) < 4.78 is 16.1. The minimum absolute atomic E-state index is 0.184. The van der Waals surface area contributed by atoms with Crippen LogP contribution in [0, 0.1) is 0 Å². The van der Waals surface area contributed by atoms with Gasteiger partial charge in [0.25, 0.3) is 0 Å². The zero-order valence-electron chi connectivity index (χ0n) is 13.8. The summed E-state index contributed by atoms with van der Waals surface area (Å²) in [6, 6.07) is 0. The fourth-order valence-corrected chi connectivity index (χ4v) is 2.56. The van der Waals surface area contributed by atoms with Gasteiger partial charge >= 0.3 is 5.97 Å². The number of carbonyl (C=O) groups is 1. The smallest absolute Gasteiger partial charge is 0.325 e. The SMILES string of the molecule is CCCNC(C)(CCCCOCC1CCCO1)C(=O)OC. The molecule has 0 aromatic rings. The van der Waals surface area contributed by atoms with Crippen molar-refractivity contribution in [2.24, 2.45) is 0 Å². The van der Waals surface area contributed by atoms with Gasteiger partial charge in [-0.3, -0.25) is 4.79 Å². The topological polar surface area (TPSA) is 56.8 Å². The van der Waals surface area contributed by atoms with E-state index in [0.717, 1.165) is 58.3 Å². The average Bonchev–Trinajstić information content (AvgIpc) is 3.01. The molecule has 2 unspecified atom stereocenters. The Balaban J connectivity index is 2.15. The van der Waals surface area contributed by atoms with E-state index >= 15 is 0 Å². The number of ether oxygens (including phenoxy) is 3. The fraction of sp³-hybridized carbons (Fsp3) is 0.938. The van der Waals surface area contributed by atoms with Gasteiger partial charge in [0.1, 0.15) is 5.54 Å². The van der Waals surface area contributed by atoms with E-state index in [9.17, 15) is 4.79 Å². The highest BCUT2D eigenvalue weighted by atomic mass is 16.5. The summed E-state index contributed by atoms with van der Waals surface area (Å²) >= 11 is 0. The maximum absolute atomic E-state index is 11.9. The van der Waals surface area contributed by atoms with Gasteiger partial charge in [0.15, 0.2) is 0 Å². The van der Waals surface area contributed by atoms with Crippen molar-refractivity contribution in [1.82, 2.24) is 5.32 Å². The summed E-state index contributed by atoms with van der Waals surface area (Å²) in [4.78, 5) is 11.9. The molecule has 0 saturated carbocycles. The molecule has 1 rings (SSSR count). The van der Waals surface area contributed by atoms with Crippen molar-refractivity contribution < 1.29 is 19.0 Å². The first-order chi connectivity index (χ1) is 10.1. The number of nitrogens with one attached hydrogen (secondary N) is 1. The largest absolute Gasteiger partial charge is 0.468 e. The lowest BCUT2D eigenvalue weighted by atomic mass is 9.94. The Kier molecular flexibility index (Phi) is 8.88. The summed E-state index contributed by atoms with van der Waals surface area (Å²) in [7, 11) is 1.44. The summed E-state index contributed by atoms with van der Waals surface area (Å²) in [6.07, 6.45) is 6.20. The van der Waals surface area contributed by atoms with Gasteiger partial charge in [0, 0.05) is 13.2 Å². The highest BCUT2D eigenvalue weighted by Gasteiger charge is 2.32. The first-order valence-corrected chi connectivity index (χ1v) is 8.15. The Hall–Kier alpha value is -0.650. The number of esters is 1. The summed E-state index contributed by atoms with van der Waals surface area (Å²) in [5, 5.41) is 3.30. The number of hydrogen-bond donors (Lipinski definition) is 1. The minimum Gasteiger partial charge on any atom is -0.468 e. The molecule has 0 spiro atoms. The number of hydrogen-bond acceptors (Lipinski definition) is 5. The van der Waals surface area contributed by atoms with E-state index in [0.29, 0.717) is 6.61 Å². The maximum Gasteiger partial charge on any atom is 0.325 e. The number of unbranched alkanes of at least 4 members (excludes halogenated alkanes) is 1. The van der Waals surface area contributed by atoms with Crippen LogP contribution in [0.3, 0.4) is 0 Å². The van der Waals surface area contributed by atoms with Crippen LogP contribution in [0.25, 0.3) is 0 Å². The highest BCUT2D eigenvalue weighted by Crippen LogP contribution is 2.16. The van der Waals surface area contributed by atoms with Crippen molar-refractivity contribution in [3.63, 3.8) is 0 Å². The van der Waals surface area contributed by atoms with Gasteiger partial charge < -0.3 is 19.5 Å². The highest BCUT2D eigenvalue weighted by molar-refractivity contribution is 5.80. The van der Waals surface area contributed by atoms with Crippen molar-refractivity contribution in [1.29, 1.82) is 0 Å². The molecular formula is C16H31NO4. The standard InChI is InChI=1S/C16H31NO4/c1-4-10-17-16(2,15(18)19-3)9-5-6-11-20-13-14-8-7-12-21-14/h14,17H,4-13H2,1-3H3. The van der Waals surface area contributed by atoms with Gasteiger partial charge in [-0.05, 0) is 52.0 Å². The summed E-state index contributed by atoms with van der Waals surface area (Å²) in [6.45, 7) is 7.12. The second-order valence-corrected chi connectivity index (χ2v) is 5.92. The molecule has 0 aromatic carbocycles. The summed E-state index contributed by atoms with van der Waals surface area (Å²) in [5.41, 5.74) is -0.584.